The van der Waals surface area contributed by atoms with E-state index in [1.165, 1.54) is 11.9 Å². The third-order valence-electron chi connectivity index (χ3n) is 2.53. The van der Waals surface area contributed by atoms with Crippen LogP contribution in [0.1, 0.15) is 32.3 Å². The van der Waals surface area contributed by atoms with Crippen molar-refractivity contribution in [3.63, 3.8) is 0 Å². The molecule has 0 saturated carbocycles. The van der Waals surface area contributed by atoms with Gasteiger partial charge in [0.2, 0.25) is 5.16 Å². The number of thiocyanates is 1. The van der Waals surface area contributed by atoms with Gasteiger partial charge in [0.05, 0.1) is 6.54 Å². The predicted molar refractivity (Wildman–Crippen MR) is 77.7 cm³/mol. The molecule has 1 aromatic heterocycles. The molecule has 0 amide bonds. The third kappa shape index (κ3) is 4.42. The third-order valence-corrected chi connectivity index (χ3v) is 3.12. The summed E-state index contributed by atoms with van der Waals surface area (Å²) in [7, 11) is 0. The van der Waals surface area contributed by atoms with Crippen molar-refractivity contribution in [2.45, 2.75) is 38.4 Å². The number of benzene rings is 1. The Morgan fingerprint density at radius 2 is 2.00 bits per heavy atom. The number of nitriles is 1. The number of hydrogen-bond acceptors (Lipinski definition) is 4. The standard InChI is InChI=1S/C12H12N4S.C2H6/c1-10(11-5-3-2-4-6-11)7-16-12(17-8-13)14-9-15-16;1-2/h2-6,9-10H,7H2,1H3;1-2H3. The fourth-order valence-electron chi connectivity index (χ4n) is 1.65. The molecule has 0 bridgehead atoms. The molecule has 0 fully saturated rings. The van der Waals surface area contributed by atoms with Crippen molar-refractivity contribution in [3.8, 4) is 5.40 Å². The molecule has 4 nitrogen and oxygen atoms in total. The van der Waals surface area contributed by atoms with Gasteiger partial charge in [0.25, 0.3) is 0 Å². The Morgan fingerprint density at radius 1 is 1.32 bits per heavy atom. The van der Waals surface area contributed by atoms with E-state index >= 15 is 0 Å². The Hall–Kier alpha value is -1.80. The van der Waals surface area contributed by atoms with E-state index < -0.39 is 0 Å². The van der Waals surface area contributed by atoms with Crippen LogP contribution in [0.3, 0.4) is 0 Å². The Morgan fingerprint density at radius 3 is 2.63 bits per heavy atom. The van der Waals surface area contributed by atoms with E-state index in [9.17, 15) is 0 Å². The normalized spacial score (nSPS) is 11.1. The molecule has 0 aliphatic heterocycles. The Bertz CT molecular complexity index is 516. The van der Waals surface area contributed by atoms with Crippen LogP contribution in [0.15, 0.2) is 41.8 Å². The molecule has 1 heterocycles. The molecule has 0 spiro atoms. The second-order valence-electron chi connectivity index (χ2n) is 3.73. The van der Waals surface area contributed by atoms with Crippen LogP contribution in [-0.4, -0.2) is 14.8 Å². The summed E-state index contributed by atoms with van der Waals surface area (Å²) in [5, 5.41) is 15.4. The summed E-state index contributed by atoms with van der Waals surface area (Å²) >= 11 is 1.04. The largest absolute Gasteiger partial charge is 0.239 e. The molecule has 2 rings (SSSR count). The zero-order valence-electron chi connectivity index (χ0n) is 11.4. The summed E-state index contributed by atoms with van der Waals surface area (Å²) in [4.78, 5) is 4.04. The molecule has 1 atom stereocenters. The van der Waals surface area contributed by atoms with Crippen LogP contribution in [0, 0.1) is 10.7 Å². The van der Waals surface area contributed by atoms with E-state index in [1.54, 1.807) is 4.68 Å². The second-order valence-corrected chi connectivity index (χ2v) is 4.48. The van der Waals surface area contributed by atoms with Crippen molar-refractivity contribution in [3.05, 3.63) is 42.2 Å². The van der Waals surface area contributed by atoms with Gasteiger partial charge >= 0.3 is 0 Å². The SMILES string of the molecule is CC.CC(Cn1ncnc1SC#N)c1ccccc1. The van der Waals surface area contributed by atoms with E-state index in [0.717, 1.165) is 18.3 Å². The lowest BCUT2D eigenvalue weighted by Crippen LogP contribution is -2.08. The molecule has 5 heteroatoms. The van der Waals surface area contributed by atoms with Crippen molar-refractivity contribution < 1.29 is 0 Å². The van der Waals surface area contributed by atoms with Crippen LogP contribution < -0.4 is 0 Å². The maximum Gasteiger partial charge on any atom is 0.200 e. The second kappa shape index (κ2) is 8.33. The molecule has 2 aromatic rings. The zero-order valence-corrected chi connectivity index (χ0v) is 12.3. The summed E-state index contributed by atoms with van der Waals surface area (Å²) in [6, 6.07) is 10.2. The summed E-state index contributed by atoms with van der Waals surface area (Å²) < 4.78 is 1.77. The quantitative estimate of drug-likeness (QED) is 0.630. The molecule has 0 radical (unpaired) electrons. The Kier molecular flexibility index (Phi) is 6.69. The number of rotatable bonds is 4. The van der Waals surface area contributed by atoms with Gasteiger partial charge in [0.15, 0.2) is 0 Å². The van der Waals surface area contributed by atoms with Crippen LogP contribution in [0.2, 0.25) is 0 Å². The number of thioether (sulfide) groups is 1. The van der Waals surface area contributed by atoms with E-state index in [-0.39, 0.29) is 0 Å². The lowest BCUT2D eigenvalue weighted by atomic mass is 10.0. The summed E-state index contributed by atoms with van der Waals surface area (Å²) in [6.07, 6.45) is 1.48. The molecule has 0 aliphatic carbocycles. The zero-order chi connectivity index (χ0) is 14.1. The molecule has 19 heavy (non-hydrogen) atoms. The van der Waals surface area contributed by atoms with Gasteiger partial charge in [0.1, 0.15) is 11.7 Å². The van der Waals surface area contributed by atoms with E-state index in [4.69, 9.17) is 5.26 Å². The van der Waals surface area contributed by atoms with Crippen molar-refractivity contribution in [1.82, 2.24) is 14.8 Å². The van der Waals surface area contributed by atoms with Crippen LogP contribution in [0.4, 0.5) is 0 Å². The monoisotopic (exact) mass is 274 g/mol. The summed E-state index contributed by atoms with van der Waals surface area (Å²) in [5.74, 6) is 0.343. The van der Waals surface area contributed by atoms with Crippen molar-refractivity contribution >= 4 is 11.8 Å². The molecule has 100 valence electrons. The van der Waals surface area contributed by atoms with Gasteiger partial charge in [-0.2, -0.15) is 10.4 Å². The van der Waals surface area contributed by atoms with E-state index in [2.05, 4.69) is 29.1 Å². The first-order valence-corrected chi connectivity index (χ1v) is 7.11. The maximum absolute atomic E-state index is 8.65. The highest BCUT2D eigenvalue weighted by Gasteiger charge is 2.10. The minimum atomic E-state index is 0.343. The Balaban J connectivity index is 0.000000861. The van der Waals surface area contributed by atoms with Crippen LogP contribution in [0.25, 0.3) is 0 Å². The molecule has 0 N–H and O–H groups in total. The first kappa shape index (κ1) is 15.3. The van der Waals surface area contributed by atoms with Gasteiger partial charge in [-0.15, -0.1) is 0 Å². The van der Waals surface area contributed by atoms with Gasteiger partial charge in [-0.3, -0.25) is 0 Å². The average molecular weight is 274 g/mol. The van der Waals surface area contributed by atoms with Crippen molar-refractivity contribution in [1.29, 1.82) is 5.26 Å². The smallest absolute Gasteiger partial charge is 0.200 e. The molecule has 1 unspecified atom stereocenters. The number of aromatic nitrogens is 3. The van der Waals surface area contributed by atoms with Gasteiger partial charge < -0.3 is 0 Å². The average Bonchev–Trinajstić information content (AvgIpc) is 2.90. The topological polar surface area (TPSA) is 54.5 Å². The highest BCUT2D eigenvalue weighted by atomic mass is 32.2. The minimum Gasteiger partial charge on any atom is -0.239 e. The van der Waals surface area contributed by atoms with E-state index in [1.807, 2.05) is 37.4 Å². The van der Waals surface area contributed by atoms with Crippen LogP contribution in [0.5, 0.6) is 0 Å². The summed E-state index contributed by atoms with van der Waals surface area (Å²) in [5.41, 5.74) is 1.26. The number of nitrogens with zero attached hydrogens (tertiary/aromatic N) is 4. The number of hydrogen-bond donors (Lipinski definition) is 0. The van der Waals surface area contributed by atoms with E-state index in [0.29, 0.717) is 11.1 Å². The van der Waals surface area contributed by atoms with Crippen molar-refractivity contribution in [2.75, 3.05) is 0 Å². The minimum absolute atomic E-state index is 0.343. The highest BCUT2D eigenvalue weighted by Crippen LogP contribution is 2.19. The molecule has 0 saturated heterocycles. The van der Waals surface area contributed by atoms with Gasteiger partial charge in [0, 0.05) is 17.7 Å². The first-order valence-electron chi connectivity index (χ1n) is 6.30. The first-order chi connectivity index (χ1) is 9.31. The predicted octanol–water partition coefficient (Wildman–Crippen LogP) is 3.68. The van der Waals surface area contributed by atoms with Gasteiger partial charge in [-0.1, -0.05) is 51.1 Å². The fourth-order valence-corrected chi connectivity index (χ4v) is 2.05. The molecule has 0 aliphatic rings. The lowest BCUT2D eigenvalue weighted by Gasteiger charge is -2.12. The lowest BCUT2D eigenvalue weighted by molar-refractivity contribution is 0.503. The maximum atomic E-state index is 8.65. The molecular weight excluding hydrogens is 256 g/mol. The van der Waals surface area contributed by atoms with Gasteiger partial charge in [-0.05, 0) is 5.56 Å². The van der Waals surface area contributed by atoms with Crippen LogP contribution in [-0.2, 0) is 6.54 Å². The Labute approximate surface area is 118 Å². The van der Waals surface area contributed by atoms with Crippen LogP contribution >= 0.6 is 11.8 Å². The molecule has 1 aromatic carbocycles. The van der Waals surface area contributed by atoms with Crippen molar-refractivity contribution in [2.24, 2.45) is 0 Å². The van der Waals surface area contributed by atoms with Gasteiger partial charge in [-0.25, -0.2) is 9.67 Å². The highest BCUT2D eigenvalue weighted by molar-refractivity contribution is 8.03. The fraction of sp³-hybridized carbons (Fsp3) is 0.357. The summed E-state index contributed by atoms with van der Waals surface area (Å²) in [6.45, 7) is 6.87. The molecular formula is C14H18N4S.